The Morgan fingerprint density at radius 1 is 0.311 bits per heavy atom. The number of para-hydroxylation sites is 2. The number of hydrogen-bond donors (Lipinski definition) is 0. The van der Waals surface area contributed by atoms with Crippen molar-refractivity contribution in [3.05, 3.63) is 204 Å². The van der Waals surface area contributed by atoms with Crippen molar-refractivity contribution in [1.82, 2.24) is 4.57 Å². The zero-order valence-corrected chi connectivity index (χ0v) is 46.6. The number of rotatable bonds is 6. The average Bonchev–Trinajstić information content (AvgIpc) is 3.70. The molecule has 0 aliphatic rings. The van der Waals surface area contributed by atoms with E-state index < -0.39 is 0 Å². The molecule has 0 amide bonds. The molecule has 1 aromatic heterocycles. The van der Waals surface area contributed by atoms with Gasteiger partial charge in [-0.2, -0.15) is 0 Å². The number of anilines is 3. The summed E-state index contributed by atoms with van der Waals surface area (Å²) in [7, 11) is 0. The topological polar surface area (TPSA) is 8.17 Å². The average molecular weight is 967 g/mol. The van der Waals surface area contributed by atoms with E-state index in [0.29, 0.717) is 0 Å². The van der Waals surface area contributed by atoms with E-state index in [1.54, 1.807) is 0 Å². The molecule has 0 bridgehead atoms. The quantitative estimate of drug-likeness (QED) is 0.151. The predicted octanol–water partition coefficient (Wildman–Crippen LogP) is 21.0. The largest absolute Gasteiger partial charge is 0.309 e. The Morgan fingerprint density at radius 2 is 0.770 bits per heavy atom. The molecule has 0 saturated heterocycles. The number of benzene rings is 10. The number of fused-ring (bicyclic) bond motifs is 3. The molecule has 11 rings (SSSR count). The first kappa shape index (κ1) is 49.1. The van der Waals surface area contributed by atoms with Gasteiger partial charge >= 0.3 is 0 Å². The van der Waals surface area contributed by atoms with E-state index in [2.05, 4.69) is 289 Å². The van der Waals surface area contributed by atoms with Crippen molar-refractivity contribution in [2.24, 2.45) is 0 Å². The summed E-state index contributed by atoms with van der Waals surface area (Å²) in [6.45, 7) is 35.0. The standard InChI is InChI=1S/C72H74N2/c1-68(2,3)48-28-32-53(33-29-48)73(63-38-26-45-25-35-59-64(39-27-46-24-34-58(63)66(45)67(46)59)74-61-22-18-16-20-55(61)56-21-17-19-23-62(56)74)65-44-50(70(7,8)9)31-37-57(65)60-43-49(69(4,5)6)30-36-54(60)47-40-51(71(10,11)12)42-52(41-47)72(13,14)15/h16-44H,1-15H3. The molecule has 2 heteroatoms. The maximum atomic E-state index is 2.59. The van der Waals surface area contributed by atoms with Gasteiger partial charge in [-0.3, -0.25) is 0 Å². The molecule has 0 atom stereocenters. The molecule has 10 aromatic carbocycles. The van der Waals surface area contributed by atoms with Crippen molar-refractivity contribution >= 4 is 71.2 Å². The van der Waals surface area contributed by atoms with Gasteiger partial charge in [-0.05, 0) is 142 Å². The monoisotopic (exact) mass is 967 g/mol. The lowest BCUT2D eigenvalue weighted by Gasteiger charge is -2.33. The number of hydrogen-bond acceptors (Lipinski definition) is 1. The van der Waals surface area contributed by atoms with Gasteiger partial charge in [0.25, 0.3) is 0 Å². The minimum absolute atomic E-state index is 0.00244. The second kappa shape index (κ2) is 17.2. The van der Waals surface area contributed by atoms with Crippen LogP contribution in [0.2, 0.25) is 0 Å². The lowest BCUT2D eigenvalue weighted by atomic mass is 9.77. The fraction of sp³-hybridized carbons (Fsp3) is 0.278. The van der Waals surface area contributed by atoms with E-state index in [0.717, 1.165) is 17.1 Å². The zero-order valence-electron chi connectivity index (χ0n) is 46.6. The normalized spacial score (nSPS) is 13.1. The summed E-state index contributed by atoms with van der Waals surface area (Å²) in [6, 6.07) is 68.0. The first-order valence-electron chi connectivity index (χ1n) is 26.9. The van der Waals surface area contributed by atoms with Crippen molar-refractivity contribution in [2.45, 2.75) is 131 Å². The molecule has 0 spiro atoms. The molecule has 2 nitrogen and oxygen atoms in total. The van der Waals surface area contributed by atoms with E-state index in [9.17, 15) is 0 Å². The van der Waals surface area contributed by atoms with Crippen LogP contribution in [-0.2, 0) is 27.1 Å². The summed E-state index contributed by atoms with van der Waals surface area (Å²) >= 11 is 0. The molecule has 372 valence electrons. The van der Waals surface area contributed by atoms with Crippen molar-refractivity contribution in [3.63, 3.8) is 0 Å². The molecule has 0 aliphatic heterocycles. The van der Waals surface area contributed by atoms with Crippen molar-refractivity contribution in [1.29, 1.82) is 0 Å². The van der Waals surface area contributed by atoms with Crippen LogP contribution in [0.4, 0.5) is 17.1 Å². The van der Waals surface area contributed by atoms with Gasteiger partial charge in [0.1, 0.15) is 0 Å². The van der Waals surface area contributed by atoms with Crippen LogP contribution in [0.25, 0.3) is 82.1 Å². The Labute approximate surface area is 441 Å². The molecular weight excluding hydrogens is 893 g/mol. The van der Waals surface area contributed by atoms with Gasteiger partial charge in [0.2, 0.25) is 0 Å². The molecule has 0 saturated carbocycles. The molecule has 0 radical (unpaired) electrons. The van der Waals surface area contributed by atoms with Crippen LogP contribution in [0.3, 0.4) is 0 Å². The minimum Gasteiger partial charge on any atom is -0.309 e. The third-order valence-corrected chi connectivity index (χ3v) is 15.9. The molecule has 0 aliphatic carbocycles. The fourth-order valence-corrected chi connectivity index (χ4v) is 11.4. The Morgan fingerprint density at radius 3 is 1.32 bits per heavy atom. The molecular formula is C72H74N2. The van der Waals surface area contributed by atoms with Gasteiger partial charge in [-0.25, -0.2) is 0 Å². The molecule has 11 aromatic rings. The Balaban J connectivity index is 1.24. The van der Waals surface area contributed by atoms with Crippen LogP contribution in [0.1, 0.15) is 132 Å². The van der Waals surface area contributed by atoms with Crippen molar-refractivity contribution < 1.29 is 0 Å². The molecule has 1 heterocycles. The predicted molar refractivity (Wildman–Crippen MR) is 324 cm³/mol. The maximum Gasteiger partial charge on any atom is 0.0543 e. The second-order valence-corrected chi connectivity index (χ2v) is 26.4. The first-order chi connectivity index (χ1) is 34.9. The summed E-state index contributed by atoms with van der Waals surface area (Å²) in [5, 5.41) is 10.1. The first-order valence-corrected chi connectivity index (χ1v) is 26.9. The summed E-state index contributed by atoms with van der Waals surface area (Å²) in [5.41, 5.74) is 18.4. The van der Waals surface area contributed by atoms with Crippen molar-refractivity contribution in [2.75, 3.05) is 4.90 Å². The molecule has 0 N–H and O–H groups in total. The van der Waals surface area contributed by atoms with Gasteiger partial charge in [0.05, 0.1) is 28.1 Å². The summed E-state index contributed by atoms with van der Waals surface area (Å²) in [5.74, 6) is 0. The van der Waals surface area contributed by atoms with Gasteiger partial charge in [0.15, 0.2) is 0 Å². The summed E-state index contributed by atoms with van der Waals surface area (Å²) in [6.07, 6.45) is 0. The van der Waals surface area contributed by atoms with E-state index >= 15 is 0 Å². The van der Waals surface area contributed by atoms with Crippen LogP contribution in [0.15, 0.2) is 176 Å². The summed E-state index contributed by atoms with van der Waals surface area (Å²) < 4.78 is 2.48. The molecule has 0 unspecified atom stereocenters. The second-order valence-electron chi connectivity index (χ2n) is 26.4. The lowest BCUT2D eigenvalue weighted by molar-refractivity contribution is 0.569. The minimum atomic E-state index is -0.111. The smallest absolute Gasteiger partial charge is 0.0543 e. The summed E-state index contributed by atoms with van der Waals surface area (Å²) in [4.78, 5) is 2.59. The van der Waals surface area contributed by atoms with E-state index in [-0.39, 0.29) is 27.1 Å². The van der Waals surface area contributed by atoms with Gasteiger partial charge < -0.3 is 9.47 Å². The van der Waals surface area contributed by atoms with E-state index in [1.165, 1.54) is 110 Å². The Hall–Kier alpha value is -7.16. The van der Waals surface area contributed by atoms with Gasteiger partial charge in [-0.15, -0.1) is 0 Å². The lowest BCUT2D eigenvalue weighted by Crippen LogP contribution is -2.17. The van der Waals surface area contributed by atoms with E-state index in [1.807, 2.05) is 0 Å². The third-order valence-electron chi connectivity index (χ3n) is 15.9. The van der Waals surface area contributed by atoms with Gasteiger partial charge in [-0.1, -0.05) is 231 Å². The maximum absolute atomic E-state index is 2.59. The Bertz CT molecular complexity index is 3870. The molecule has 74 heavy (non-hydrogen) atoms. The highest BCUT2D eigenvalue weighted by Crippen LogP contribution is 2.51. The highest BCUT2D eigenvalue weighted by molar-refractivity contribution is 6.27. The van der Waals surface area contributed by atoms with Gasteiger partial charge in [0, 0.05) is 32.8 Å². The van der Waals surface area contributed by atoms with Crippen LogP contribution >= 0.6 is 0 Å². The SMILES string of the molecule is CC(C)(C)c1ccc(N(c2cc(C(C)(C)C)ccc2-c2cc(C(C)(C)C)ccc2-c2cc(C(C)(C)C)cc(C(C)(C)C)c2)c2ccc3ccc4c(-n5c6ccccc6c6ccccc65)ccc5ccc2c3c54)cc1. The third kappa shape index (κ3) is 8.45. The van der Waals surface area contributed by atoms with Crippen LogP contribution < -0.4 is 4.90 Å². The highest BCUT2D eigenvalue weighted by atomic mass is 15.1. The van der Waals surface area contributed by atoms with Crippen LogP contribution in [-0.4, -0.2) is 4.57 Å². The van der Waals surface area contributed by atoms with Crippen LogP contribution in [0.5, 0.6) is 0 Å². The Kier molecular flexibility index (Phi) is 11.4. The van der Waals surface area contributed by atoms with Crippen LogP contribution in [0, 0.1) is 0 Å². The fourth-order valence-electron chi connectivity index (χ4n) is 11.4. The van der Waals surface area contributed by atoms with Crippen molar-refractivity contribution in [3.8, 4) is 27.9 Å². The molecule has 0 fully saturated rings. The van der Waals surface area contributed by atoms with E-state index in [4.69, 9.17) is 0 Å². The number of nitrogens with zero attached hydrogens (tertiary/aromatic N) is 2. The highest BCUT2D eigenvalue weighted by Gasteiger charge is 2.29. The number of aromatic nitrogens is 1. The zero-order chi connectivity index (χ0) is 52.4.